The molecule has 25 heavy (non-hydrogen) atoms. The third-order valence-electron chi connectivity index (χ3n) is 2.56. The smallest absolute Gasteiger partial charge is 0.168 e. The summed E-state index contributed by atoms with van der Waals surface area (Å²) in [6.45, 7) is 1.42. The van der Waals surface area contributed by atoms with Gasteiger partial charge in [0.1, 0.15) is 29.9 Å². The van der Waals surface area contributed by atoms with E-state index < -0.39 is 15.1 Å². The number of hydroxylamine groups is 3. The van der Waals surface area contributed by atoms with Gasteiger partial charge in [-0.15, -0.1) is 14.5 Å². The number of hydrogen-bond donors (Lipinski definition) is 3. The molecule has 0 radical (unpaired) electrons. The maximum atomic E-state index is 10.4. The molecule has 1 aromatic rings. The molecule has 0 aromatic heterocycles. The van der Waals surface area contributed by atoms with E-state index in [-0.39, 0.29) is 44.5 Å². The Labute approximate surface area is 147 Å². The molecule has 0 atom stereocenters. The van der Waals surface area contributed by atoms with Gasteiger partial charge in [0.2, 0.25) is 0 Å². The van der Waals surface area contributed by atoms with E-state index in [0.29, 0.717) is 0 Å². The first-order chi connectivity index (χ1) is 11.7. The predicted octanol–water partition coefficient (Wildman–Crippen LogP) is -0.896. The van der Waals surface area contributed by atoms with Gasteiger partial charge < -0.3 is 19.9 Å². The van der Waals surface area contributed by atoms with Crippen LogP contribution in [0.25, 0.3) is 0 Å². The van der Waals surface area contributed by atoms with Crippen LogP contribution in [0.4, 0.5) is 0 Å². The molecule has 0 bridgehead atoms. The normalized spacial score (nSPS) is 11.8. The van der Waals surface area contributed by atoms with Crippen molar-refractivity contribution in [1.29, 1.82) is 0 Å². The summed E-state index contributed by atoms with van der Waals surface area (Å²) < 4.78 is 31.2. The van der Waals surface area contributed by atoms with Crippen molar-refractivity contribution in [2.75, 3.05) is 46.7 Å². The fraction of sp³-hybridized carbons (Fsp3) is 0.571. The van der Waals surface area contributed by atoms with Crippen LogP contribution >= 0.6 is 0 Å². The average Bonchev–Trinajstić information content (AvgIpc) is 2.57. The first kappa shape index (κ1) is 23.9. The summed E-state index contributed by atoms with van der Waals surface area (Å²) in [5.74, 6) is 0. The second kappa shape index (κ2) is 12.2. The van der Waals surface area contributed by atoms with Crippen LogP contribution in [0.5, 0.6) is 0 Å². The molecule has 0 unspecified atom stereocenters. The number of hydrogen-bond acceptors (Lipinski definition) is 9. The topological polar surface area (TPSA) is 146 Å². The lowest BCUT2D eigenvalue weighted by atomic mass is 10.2. The minimum atomic E-state index is -4.27. The average molecular weight is 383 g/mol. The van der Waals surface area contributed by atoms with Crippen LogP contribution in [0.2, 0.25) is 0 Å². The Hall–Kier alpha value is -1.15. The summed E-state index contributed by atoms with van der Waals surface area (Å²) in [6.07, 6.45) is 0. The van der Waals surface area contributed by atoms with E-state index in [4.69, 9.17) is 29.8 Å². The fourth-order valence-electron chi connectivity index (χ4n) is 1.44. The number of aliphatic hydroxyl groups is 3. The number of aryl methyl sites for hydroxylation is 1. The molecule has 146 valence electrons. The SMILES string of the molecule is C[N+](OCCO)(OCCO)OCCO.Cc1ccc(S(=O)(=O)[O-])cc1. The number of nitrogens with zero attached hydrogens (tertiary/aromatic N) is 1. The van der Waals surface area contributed by atoms with Crippen molar-refractivity contribution in [1.82, 2.24) is 0 Å². The van der Waals surface area contributed by atoms with Gasteiger partial charge in [-0.2, -0.15) is 0 Å². The van der Waals surface area contributed by atoms with Crippen LogP contribution in [0, 0.1) is 6.92 Å². The van der Waals surface area contributed by atoms with Gasteiger partial charge in [0, 0.05) is 0 Å². The highest BCUT2D eigenvalue weighted by Crippen LogP contribution is 2.08. The lowest BCUT2D eigenvalue weighted by molar-refractivity contribution is -1.36. The van der Waals surface area contributed by atoms with E-state index >= 15 is 0 Å². The highest BCUT2D eigenvalue weighted by Gasteiger charge is 2.27. The summed E-state index contributed by atoms with van der Waals surface area (Å²) in [5.41, 5.74) is 0.928. The monoisotopic (exact) mass is 383 g/mol. The number of benzene rings is 1. The van der Waals surface area contributed by atoms with E-state index in [2.05, 4.69) is 0 Å². The van der Waals surface area contributed by atoms with Gasteiger partial charge in [-0.1, -0.05) is 17.7 Å². The molecule has 10 nitrogen and oxygen atoms in total. The van der Waals surface area contributed by atoms with Gasteiger partial charge in [0.05, 0.1) is 29.7 Å². The van der Waals surface area contributed by atoms with E-state index in [1.807, 2.05) is 6.92 Å². The molecule has 0 fully saturated rings. The van der Waals surface area contributed by atoms with Crippen molar-refractivity contribution in [2.45, 2.75) is 11.8 Å². The van der Waals surface area contributed by atoms with Crippen LogP contribution < -0.4 is 0 Å². The van der Waals surface area contributed by atoms with Crippen LogP contribution in [0.15, 0.2) is 29.2 Å². The molecule has 0 heterocycles. The summed E-state index contributed by atoms with van der Waals surface area (Å²) in [7, 11) is -2.82. The Morgan fingerprint density at radius 1 is 0.920 bits per heavy atom. The summed E-state index contributed by atoms with van der Waals surface area (Å²) in [5, 5.41) is 25.6. The third kappa shape index (κ3) is 11.1. The highest BCUT2D eigenvalue weighted by molar-refractivity contribution is 7.85. The molecule has 0 amide bonds. The molecule has 0 aliphatic heterocycles. The van der Waals surface area contributed by atoms with Crippen LogP contribution in [-0.4, -0.2) is 80.0 Å². The van der Waals surface area contributed by atoms with Crippen molar-refractivity contribution < 1.29 is 47.8 Å². The van der Waals surface area contributed by atoms with Gasteiger partial charge in [-0.25, -0.2) is 8.42 Å². The van der Waals surface area contributed by atoms with Crippen molar-refractivity contribution in [3.05, 3.63) is 29.8 Å². The molecule has 0 saturated carbocycles. The van der Waals surface area contributed by atoms with Crippen molar-refractivity contribution in [3.63, 3.8) is 0 Å². The van der Waals surface area contributed by atoms with Crippen LogP contribution in [-0.2, 0) is 24.6 Å². The molecule has 0 spiro atoms. The number of aliphatic hydroxyl groups excluding tert-OH is 3. The predicted molar refractivity (Wildman–Crippen MR) is 84.4 cm³/mol. The second-order valence-electron chi connectivity index (χ2n) is 4.71. The molecule has 1 rings (SSSR count). The largest absolute Gasteiger partial charge is 0.744 e. The number of quaternary nitrogens is 1. The maximum Gasteiger partial charge on any atom is 0.168 e. The Bertz CT molecular complexity index is 540. The van der Waals surface area contributed by atoms with Crippen LogP contribution in [0.1, 0.15) is 5.56 Å². The summed E-state index contributed by atoms with van der Waals surface area (Å²) in [4.78, 5) is 14.2. The number of rotatable bonds is 10. The van der Waals surface area contributed by atoms with Gasteiger partial charge in [0.15, 0.2) is 7.05 Å². The third-order valence-corrected chi connectivity index (χ3v) is 3.41. The summed E-state index contributed by atoms with van der Waals surface area (Å²) >= 11 is 0. The zero-order valence-corrected chi connectivity index (χ0v) is 15.0. The minimum Gasteiger partial charge on any atom is -0.744 e. The molecule has 11 heteroatoms. The molecule has 1 aromatic carbocycles. The minimum absolute atomic E-state index is 0.0351. The van der Waals surface area contributed by atoms with Gasteiger partial charge in [-0.3, -0.25) is 0 Å². The van der Waals surface area contributed by atoms with E-state index in [9.17, 15) is 13.0 Å². The molecule has 3 N–H and O–H groups in total. The lowest BCUT2D eigenvalue weighted by Gasteiger charge is -2.24. The molecular formula is C14H25NO9S. The lowest BCUT2D eigenvalue weighted by Crippen LogP contribution is -2.45. The van der Waals surface area contributed by atoms with Crippen molar-refractivity contribution in [3.8, 4) is 0 Å². The maximum absolute atomic E-state index is 10.4. The molecule has 0 aliphatic carbocycles. The standard InChI is InChI=1S/C7H18NO6.C7H8O3S/c1-8(12-5-2-9,13-6-3-10)14-7-4-11;1-6-2-4-7(5-3-6)11(8,9)10/h9-11H,2-7H2,1H3;2-5H,1H3,(H,8,9,10)/q+1;/p-1. The fourth-order valence-corrected chi connectivity index (χ4v) is 1.91. The zero-order valence-electron chi connectivity index (χ0n) is 14.2. The summed E-state index contributed by atoms with van der Waals surface area (Å²) in [6, 6.07) is 5.78. The van der Waals surface area contributed by atoms with Crippen molar-refractivity contribution in [2.24, 2.45) is 0 Å². The van der Waals surface area contributed by atoms with E-state index in [1.165, 1.54) is 19.2 Å². The highest BCUT2D eigenvalue weighted by atomic mass is 32.2. The van der Waals surface area contributed by atoms with Gasteiger partial charge in [0.25, 0.3) is 0 Å². The van der Waals surface area contributed by atoms with Gasteiger partial charge in [-0.05, 0) is 19.1 Å². The van der Waals surface area contributed by atoms with E-state index in [0.717, 1.165) is 5.56 Å². The molecule has 0 aliphatic rings. The molecular weight excluding hydrogens is 358 g/mol. The van der Waals surface area contributed by atoms with Gasteiger partial charge >= 0.3 is 0 Å². The second-order valence-corrected chi connectivity index (χ2v) is 6.09. The Balaban J connectivity index is 0.000000472. The zero-order chi connectivity index (χ0) is 19.3. The molecule has 0 saturated heterocycles. The van der Waals surface area contributed by atoms with E-state index in [1.54, 1.807) is 12.1 Å². The first-order valence-corrected chi connectivity index (χ1v) is 8.74. The Morgan fingerprint density at radius 3 is 1.56 bits per heavy atom. The first-order valence-electron chi connectivity index (χ1n) is 7.34. The van der Waals surface area contributed by atoms with Crippen LogP contribution in [0.3, 0.4) is 0 Å². The quantitative estimate of drug-likeness (QED) is 0.266. The Kier molecular flexibility index (Phi) is 11.7. The van der Waals surface area contributed by atoms with Crippen molar-refractivity contribution >= 4 is 10.1 Å². The Morgan fingerprint density at radius 2 is 1.28 bits per heavy atom.